The molecule has 0 unspecified atom stereocenters. The Morgan fingerprint density at radius 3 is 2.79 bits per heavy atom. The summed E-state index contributed by atoms with van der Waals surface area (Å²) in [6.45, 7) is 3.09. The fourth-order valence-electron chi connectivity index (χ4n) is 2.29. The average molecular weight is 196 g/mol. The standard InChI is InChI=1S/C11H20N2O/c1-14-8-6-11(4-5-11)9-13-7-2-3-10(13)12/h12H,2-9H2,1H3. The first-order valence-corrected chi connectivity index (χ1v) is 5.57. The highest BCUT2D eigenvalue weighted by molar-refractivity contribution is 5.81. The van der Waals surface area contributed by atoms with Crippen molar-refractivity contribution in [1.82, 2.24) is 4.90 Å². The van der Waals surface area contributed by atoms with E-state index in [-0.39, 0.29) is 0 Å². The summed E-state index contributed by atoms with van der Waals surface area (Å²) in [5, 5.41) is 7.79. The van der Waals surface area contributed by atoms with Crippen LogP contribution in [0.4, 0.5) is 0 Å². The molecule has 14 heavy (non-hydrogen) atoms. The highest BCUT2D eigenvalue weighted by Gasteiger charge is 2.44. The molecule has 1 saturated carbocycles. The number of ether oxygens (including phenoxy) is 1. The maximum Gasteiger partial charge on any atom is 0.0958 e. The van der Waals surface area contributed by atoms with E-state index in [1.54, 1.807) is 7.11 Å². The molecule has 3 heteroatoms. The molecule has 1 saturated heterocycles. The molecule has 80 valence electrons. The van der Waals surface area contributed by atoms with E-state index in [1.165, 1.54) is 25.7 Å². The van der Waals surface area contributed by atoms with Crippen molar-refractivity contribution in [3.63, 3.8) is 0 Å². The Morgan fingerprint density at radius 1 is 1.50 bits per heavy atom. The Labute approximate surface area is 85.9 Å². The Bertz CT molecular complexity index is 223. The number of hydrogen-bond donors (Lipinski definition) is 1. The minimum absolute atomic E-state index is 0.507. The van der Waals surface area contributed by atoms with Crippen LogP contribution in [0.15, 0.2) is 0 Å². The number of rotatable bonds is 5. The molecule has 2 fully saturated rings. The predicted octanol–water partition coefficient (Wildman–Crippen LogP) is 1.88. The number of likely N-dealkylation sites (tertiary alicyclic amines) is 1. The molecular weight excluding hydrogens is 176 g/mol. The average Bonchev–Trinajstić information content (AvgIpc) is 2.83. The molecular formula is C11H20N2O. The number of nitrogens with zero attached hydrogens (tertiary/aromatic N) is 1. The molecule has 1 aliphatic heterocycles. The molecule has 0 amide bonds. The Hall–Kier alpha value is -0.570. The SMILES string of the molecule is COCCC1(CN2CCCC2=N)CC1. The smallest absolute Gasteiger partial charge is 0.0958 e. The molecule has 1 N–H and O–H groups in total. The Kier molecular flexibility index (Phi) is 2.77. The summed E-state index contributed by atoms with van der Waals surface area (Å²) in [6.07, 6.45) is 6.01. The lowest BCUT2D eigenvalue weighted by Crippen LogP contribution is -2.31. The van der Waals surface area contributed by atoms with Gasteiger partial charge in [-0.25, -0.2) is 0 Å². The van der Waals surface area contributed by atoms with Crippen LogP contribution >= 0.6 is 0 Å². The number of nitrogens with one attached hydrogen (secondary N) is 1. The summed E-state index contributed by atoms with van der Waals surface area (Å²) in [5.41, 5.74) is 0.507. The molecule has 0 aromatic carbocycles. The van der Waals surface area contributed by atoms with Crippen molar-refractivity contribution in [1.29, 1.82) is 5.41 Å². The van der Waals surface area contributed by atoms with Crippen LogP contribution in [0.2, 0.25) is 0 Å². The van der Waals surface area contributed by atoms with Gasteiger partial charge >= 0.3 is 0 Å². The van der Waals surface area contributed by atoms with Crippen LogP contribution in [0.25, 0.3) is 0 Å². The van der Waals surface area contributed by atoms with Crippen LogP contribution in [0, 0.1) is 10.8 Å². The Balaban J connectivity index is 1.81. The van der Waals surface area contributed by atoms with E-state index in [9.17, 15) is 0 Å². The van der Waals surface area contributed by atoms with Gasteiger partial charge in [0.1, 0.15) is 0 Å². The molecule has 1 aliphatic carbocycles. The van der Waals surface area contributed by atoms with Crippen molar-refractivity contribution < 1.29 is 4.74 Å². The number of amidine groups is 1. The predicted molar refractivity (Wildman–Crippen MR) is 56.7 cm³/mol. The first-order chi connectivity index (χ1) is 6.76. The van der Waals surface area contributed by atoms with Crippen LogP contribution in [0.3, 0.4) is 0 Å². The van der Waals surface area contributed by atoms with E-state index < -0.39 is 0 Å². The monoisotopic (exact) mass is 196 g/mol. The lowest BCUT2D eigenvalue weighted by Gasteiger charge is -2.24. The highest BCUT2D eigenvalue weighted by atomic mass is 16.5. The van der Waals surface area contributed by atoms with Crippen molar-refractivity contribution in [3.05, 3.63) is 0 Å². The third-order valence-electron chi connectivity index (χ3n) is 3.54. The van der Waals surface area contributed by atoms with E-state index in [2.05, 4.69) is 4.90 Å². The fraction of sp³-hybridized carbons (Fsp3) is 0.909. The van der Waals surface area contributed by atoms with Crippen molar-refractivity contribution >= 4 is 5.84 Å². The van der Waals surface area contributed by atoms with Gasteiger partial charge in [-0.05, 0) is 31.1 Å². The molecule has 0 aromatic heterocycles. The second kappa shape index (κ2) is 3.89. The molecule has 0 aromatic rings. The van der Waals surface area contributed by atoms with Crippen molar-refractivity contribution in [2.75, 3.05) is 26.8 Å². The quantitative estimate of drug-likeness (QED) is 0.728. The summed E-state index contributed by atoms with van der Waals surface area (Å²) < 4.78 is 5.14. The van der Waals surface area contributed by atoms with Gasteiger partial charge in [0.05, 0.1) is 5.84 Å². The maximum absolute atomic E-state index is 7.79. The minimum Gasteiger partial charge on any atom is -0.385 e. The van der Waals surface area contributed by atoms with Gasteiger partial charge in [-0.1, -0.05) is 0 Å². The summed E-state index contributed by atoms with van der Waals surface area (Å²) in [7, 11) is 1.77. The molecule has 2 rings (SSSR count). The molecule has 0 spiro atoms. The van der Waals surface area contributed by atoms with Gasteiger partial charge in [0.25, 0.3) is 0 Å². The topological polar surface area (TPSA) is 36.3 Å². The zero-order chi connectivity index (χ0) is 10.0. The van der Waals surface area contributed by atoms with E-state index in [0.29, 0.717) is 5.41 Å². The van der Waals surface area contributed by atoms with Crippen molar-refractivity contribution in [3.8, 4) is 0 Å². The van der Waals surface area contributed by atoms with Gasteiger partial charge in [0, 0.05) is 33.2 Å². The van der Waals surface area contributed by atoms with Gasteiger partial charge in [-0.2, -0.15) is 0 Å². The van der Waals surface area contributed by atoms with Gasteiger partial charge in [0.2, 0.25) is 0 Å². The first-order valence-electron chi connectivity index (χ1n) is 5.57. The molecule has 0 atom stereocenters. The van der Waals surface area contributed by atoms with Crippen LogP contribution in [0.5, 0.6) is 0 Å². The maximum atomic E-state index is 7.79. The summed E-state index contributed by atoms with van der Waals surface area (Å²) in [4.78, 5) is 2.27. The molecule has 3 nitrogen and oxygen atoms in total. The summed E-state index contributed by atoms with van der Waals surface area (Å²) in [5.74, 6) is 0.855. The van der Waals surface area contributed by atoms with Crippen LogP contribution in [-0.4, -0.2) is 37.5 Å². The summed E-state index contributed by atoms with van der Waals surface area (Å²) >= 11 is 0. The molecule has 1 heterocycles. The zero-order valence-electron chi connectivity index (χ0n) is 9.01. The number of hydrogen-bond acceptors (Lipinski definition) is 2. The van der Waals surface area contributed by atoms with Gasteiger partial charge in [-0.3, -0.25) is 5.41 Å². The second-order valence-electron chi connectivity index (χ2n) is 4.71. The van der Waals surface area contributed by atoms with E-state index >= 15 is 0 Å². The van der Waals surface area contributed by atoms with E-state index in [4.69, 9.17) is 10.1 Å². The van der Waals surface area contributed by atoms with Crippen LogP contribution in [-0.2, 0) is 4.74 Å². The third-order valence-corrected chi connectivity index (χ3v) is 3.54. The lowest BCUT2D eigenvalue weighted by atomic mass is 10.0. The minimum atomic E-state index is 0.507. The van der Waals surface area contributed by atoms with Crippen molar-refractivity contribution in [2.45, 2.75) is 32.1 Å². The molecule has 0 radical (unpaired) electrons. The van der Waals surface area contributed by atoms with E-state index in [0.717, 1.165) is 32.0 Å². The largest absolute Gasteiger partial charge is 0.385 e. The zero-order valence-corrected chi connectivity index (χ0v) is 9.01. The van der Waals surface area contributed by atoms with Crippen LogP contribution < -0.4 is 0 Å². The summed E-state index contributed by atoms with van der Waals surface area (Å²) in [6, 6.07) is 0. The second-order valence-corrected chi connectivity index (χ2v) is 4.71. The number of methoxy groups -OCH3 is 1. The first kappa shape index (κ1) is 9.97. The fourth-order valence-corrected chi connectivity index (χ4v) is 2.29. The van der Waals surface area contributed by atoms with E-state index in [1.807, 2.05) is 0 Å². The Morgan fingerprint density at radius 2 is 2.29 bits per heavy atom. The van der Waals surface area contributed by atoms with Crippen molar-refractivity contribution in [2.24, 2.45) is 5.41 Å². The third kappa shape index (κ3) is 2.08. The van der Waals surface area contributed by atoms with Crippen LogP contribution in [0.1, 0.15) is 32.1 Å². The highest BCUT2D eigenvalue weighted by Crippen LogP contribution is 2.49. The molecule has 2 aliphatic rings. The van der Waals surface area contributed by atoms with Gasteiger partial charge in [-0.15, -0.1) is 0 Å². The molecule has 0 bridgehead atoms. The normalized spacial score (nSPS) is 24.4. The van der Waals surface area contributed by atoms with Gasteiger partial charge in [0.15, 0.2) is 0 Å². The van der Waals surface area contributed by atoms with Gasteiger partial charge < -0.3 is 9.64 Å². The lowest BCUT2D eigenvalue weighted by molar-refractivity contribution is 0.163.